The third-order valence-electron chi connectivity index (χ3n) is 4.68. The van der Waals surface area contributed by atoms with E-state index in [0.29, 0.717) is 23.4 Å². The van der Waals surface area contributed by atoms with Crippen LogP contribution in [0, 0.1) is 5.92 Å². The minimum absolute atomic E-state index is 0.0718. The zero-order chi connectivity index (χ0) is 24.5. The predicted molar refractivity (Wildman–Crippen MR) is 135 cm³/mol. The van der Waals surface area contributed by atoms with Gasteiger partial charge in [-0.25, -0.2) is 0 Å². The fraction of sp³-hybridized carbons (Fsp3) is 0.200. The van der Waals surface area contributed by atoms with E-state index in [-0.39, 0.29) is 23.5 Å². The SMILES string of the molecule is CC(C)CC(=O)Nc1ccc(C(=O)NNC(=S)NC(=O)COc2cccc3ccccc23)cc1. The summed E-state index contributed by atoms with van der Waals surface area (Å²) in [6, 6.07) is 19.7. The normalized spacial score (nSPS) is 10.4. The number of ether oxygens (including phenoxy) is 1. The van der Waals surface area contributed by atoms with Crippen molar-refractivity contribution in [3.8, 4) is 5.75 Å². The first-order valence-electron chi connectivity index (χ1n) is 10.7. The van der Waals surface area contributed by atoms with Gasteiger partial charge in [-0.2, -0.15) is 0 Å². The van der Waals surface area contributed by atoms with E-state index in [2.05, 4.69) is 21.5 Å². The molecule has 0 fully saturated rings. The Balaban J connectivity index is 1.43. The van der Waals surface area contributed by atoms with Crippen LogP contribution in [0.25, 0.3) is 10.8 Å². The molecule has 34 heavy (non-hydrogen) atoms. The molecule has 0 aliphatic rings. The Hall–Kier alpha value is -3.98. The summed E-state index contributed by atoms with van der Waals surface area (Å²) in [5.41, 5.74) is 5.85. The second-order valence-electron chi connectivity index (χ2n) is 7.95. The number of hydrogen-bond donors (Lipinski definition) is 4. The molecule has 3 aromatic carbocycles. The molecule has 0 aliphatic heterocycles. The molecule has 0 spiro atoms. The van der Waals surface area contributed by atoms with Gasteiger partial charge >= 0.3 is 0 Å². The molecule has 3 amide bonds. The number of fused-ring (bicyclic) bond motifs is 1. The van der Waals surface area contributed by atoms with Crippen LogP contribution in [0.2, 0.25) is 0 Å². The Kier molecular flexibility index (Phi) is 8.53. The van der Waals surface area contributed by atoms with Crippen LogP contribution in [0.1, 0.15) is 30.6 Å². The molecule has 0 aliphatic carbocycles. The molecule has 0 atom stereocenters. The van der Waals surface area contributed by atoms with Crippen molar-refractivity contribution in [2.75, 3.05) is 11.9 Å². The highest BCUT2D eigenvalue weighted by Gasteiger charge is 2.10. The summed E-state index contributed by atoms with van der Waals surface area (Å²) >= 11 is 5.05. The monoisotopic (exact) mass is 478 g/mol. The Labute approximate surface area is 203 Å². The van der Waals surface area contributed by atoms with Crippen molar-refractivity contribution in [1.29, 1.82) is 0 Å². The summed E-state index contributed by atoms with van der Waals surface area (Å²) in [6.07, 6.45) is 0.419. The molecular weight excluding hydrogens is 452 g/mol. The highest BCUT2D eigenvalue weighted by atomic mass is 32.1. The summed E-state index contributed by atoms with van der Waals surface area (Å²) in [5.74, 6) is -0.168. The molecule has 9 heteroatoms. The van der Waals surface area contributed by atoms with Crippen LogP contribution in [0.4, 0.5) is 5.69 Å². The van der Waals surface area contributed by atoms with Crippen LogP contribution in [0.5, 0.6) is 5.75 Å². The van der Waals surface area contributed by atoms with E-state index in [1.165, 1.54) is 0 Å². The van der Waals surface area contributed by atoms with Gasteiger partial charge in [-0.15, -0.1) is 0 Å². The molecule has 8 nitrogen and oxygen atoms in total. The molecule has 0 bridgehead atoms. The summed E-state index contributed by atoms with van der Waals surface area (Å²) in [4.78, 5) is 36.3. The average Bonchev–Trinajstić information content (AvgIpc) is 2.81. The molecular formula is C25H26N4O4S. The molecule has 3 aromatic rings. The standard InChI is InChI=1S/C25H26N4O4S/c1-16(2)14-22(30)26-19-12-10-18(11-13-19)24(32)28-29-25(34)27-23(31)15-33-21-9-5-7-17-6-3-4-8-20(17)21/h3-13,16H,14-15H2,1-2H3,(H,26,30)(H,28,32)(H2,27,29,31,34). The zero-order valence-electron chi connectivity index (χ0n) is 18.9. The van der Waals surface area contributed by atoms with Gasteiger partial charge in [0, 0.05) is 23.1 Å². The van der Waals surface area contributed by atoms with Crippen LogP contribution in [0.3, 0.4) is 0 Å². The van der Waals surface area contributed by atoms with Gasteiger partial charge in [-0.1, -0.05) is 50.2 Å². The first-order chi connectivity index (χ1) is 16.3. The Morgan fingerprint density at radius 3 is 2.32 bits per heavy atom. The molecule has 0 heterocycles. The minimum Gasteiger partial charge on any atom is -0.483 e. The minimum atomic E-state index is -0.471. The smallest absolute Gasteiger partial charge is 0.269 e. The fourth-order valence-corrected chi connectivity index (χ4v) is 3.30. The number of hydrazine groups is 1. The van der Waals surface area contributed by atoms with Gasteiger partial charge in [-0.3, -0.25) is 30.6 Å². The summed E-state index contributed by atoms with van der Waals surface area (Å²) < 4.78 is 5.62. The van der Waals surface area contributed by atoms with Crippen molar-refractivity contribution in [3.63, 3.8) is 0 Å². The third-order valence-corrected chi connectivity index (χ3v) is 4.88. The quantitative estimate of drug-likeness (QED) is 0.306. The maximum Gasteiger partial charge on any atom is 0.269 e. The topological polar surface area (TPSA) is 109 Å². The maximum atomic E-state index is 12.3. The molecule has 0 saturated heterocycles. The van der Waals surface area contributed by atoms with E-state index in [1.807, 2.05) is 50.2 Å². The van der Waals surface area contributed by atoms with Crippen LogP contribution in [-0.4, -0.2) is 29.4 Å². The van der Waals surface area contributed by atoms with E-state index in [9.17, 15) is 14.4 Å². The molecule has 0 radical (unpaired) electrons. The number of carbonyl (C=O) groups is 3. The predicted octanol–water partition coefficient (Wildman–Crippen LogP) is 3.54. The van der Waals surface area contributed by atoms with Crippen LogP contribution in [-0.2, 0) is 9.59 Å². The van der Waals surface area contributed by atoms with Crippen LogP contribution < -0.4 is 26.2 Å². The average molecular weight is 479 g/mol. The van der Waals surface area contributed by atoms with Gasteiger partial charge in [0.25, 0.3) is 11.8 Å². The lowest BCUT2D eigenvalue weighted by Crippen LogP contribution is -2.49. The number of nitrogens with one attached hydrogen (secondary N) is 4. The maximum absolute atomic E-state index is 12.3. The van der Waals surface area contributed by atoms with E-state index < -0.39 is 11.8 Å². The van der Waals surface area contributed by atoms with Crippen LogP contribution >= 0.6 is 12.2 Å². The van der Waals surface area contributed by atoms with E-state index in [0.717, 1.165) is 10.8 Å². The molecule has 176 valence electrons. The third kappa shape index (κ3) is 7.28. The lowest BCUT2D eigenvalue weighted by molar-refractivity contribution is -0.121. The molecule has 4 N–H and O–H groups in total. The van der Waals surface area contributed by atoms with E-state index in [4.69, 9.17) is 17.0 Å². The van der Waals surface area contributed by atoms with Crippen molar-refractivity contribution < 1.29 is 19.1 Å². The van der Waals surface area contributed by atoms with Gasteiger partial charge in [-0.05, 0) is 53.9 Å². The van der Waals surface area contributed by atoms with Crippen molar-refractivity contribution in [2.45, 2.75) is 20.3 Å². The molecule has 0 unspecified atom stereocenters. The van der Waals surface area contributed by atoms with Gasteiger partial charge in [0.05, 0.1) is 0 Å². The number of carbonyl (C=O) groups excluding carboxylic acids is 3. The van der Waals surface area contributed by atoms with Crippen molar-refractivity contribution in [2.24, 2.45) is 5.92 Å². The number of hydrogen-bond acceptors (Lipinski definition) is 5. The first-order valence-corrected chi connectivity index (χ1v) is 11.1. The number of benzene rings is 3. The molecule has 0 saturated carbocycles. The fourth-order valence-electron chi connectivity index (χ4n) is 3.13. The van der Waals surface area contributed by atoms with Gasteiger partial charge < -0.3 is 10.1 Å². The van der Waals surface area contributed by atoms with E-state index >= 15 is 0 Å². The largest absolute Gasteiger partial charge is 0.483 e. The summed E-state index contributed by atoms with van der Waals surface area (Å²) in [6.45, 7) is 3.68. The highest BCUT2D eigenvalue weighted by Crippen LogP contribution is 2.24. The summed E-state index contributed by atoms with van der Waals surface area (Å²) in [5, 5.41) is 7.06. The van der Waals surface area contributed by atoms with Crippen molar-refractivity contribution >= 4 is 51.5 Å². The second kappa shape index (κ2) is 11.8. The number of thiocarbonyl (C=S) groups is 1. The second-order valence-corrected chi connectivity index (χ2v) is 8.35. The van der Waals surface area contributed by atoms with E-state index in [1.54, 1.807) is 30.3 Å². The number of rotatable bonds is 7. The lowest BCUT2D eigenvalue weighted by atomic mass is 10.1. The van der Waals surface area contributed by atoms with Crippen LogP contribution in [0.15, 0.2) is 66.7 Å². The molecule has 0 aromatic heterocycles. The number of amides is 3. The molecule has 3 rings (SSSR count). The summed E-state index contributed by atoms with van der Waals surface area (Å²) in [7, 11) is 0. The van der Waals surface area contributed by atoms with Gasteiger partial charge in [0.1, 0.15) is 5.75 Å². The van der Waals surface area contributed by atoms with Crippen molar-refractivity contribution in [1.82, 2.24) is 16.2 Å². The highest BCUT2D eigenvalue weighted by molar-refractivity contribution is 7.80. The van der Waals surface area contributed by atoms with Crippen molar-refractivity contribution in [3.05, 3.63) is 72.3 Å². The first kappa shape index (κ1) is 24.7. The Morgan fingerprint density at radius 1 is 0.882 bits per heavy atom. The van der Waals surface area contributed by atoms with Gasteiger partial charge in [0.15, 0.2) is 11.7 Å². The Morgan fingerprint density at radius 2 is 1.59 bits per heavy atom. The van der Waals surface area contributed by atoms with Gasteiger partial charge in [0.2, 0.25) is 5.91 Å². The zero-order valence-corrected chi connectivity index (χ0v) is 19.7. The Bertz CT molecular complexity index is 1190. The lowest BCUT2D eigenvalue weighted by Gasteiger charge is -2.12. The number of anilines is 1.